The van der Waals surface area contributed by atoms with Crippen LogP contribution in [0, 0.1) is 5.92 Å². The maximum Gasteiger partial charge on any atom is 0.224 e. The number of ether oxygens (including phenoxy) is 1. The highest BCUT2D eigenvalue weighted by Gasteiger charge is 2.24. The number of aliphatic imine (C=N–C) groups is 1. The Morgan fingerprint density at radius 1 is 1.19 bits per heavy atom. The monoisotopic (exact) mass is 442 g/mol. The van der Waals surface area contributed by atoms with E-state index >= 15 is 0 Å². The highest BCUT2D eigenvalue weighted by molar-refractivity contribution is 6.30. The van der Waals surface area contributed by atoms with Crippen LogP contribution in [0.15, 0.2) is 59.6 Å². The van der Waals surface area contributed by atoms with Crippen LogP contribution in [0.25, 0.3) is 0 Å². The number of rotatable bonds is 9. The van der Waals surface area contributed by atoms with E-state index in [0.717, 1.165) is 44.2 Å². The second-order valence-electron chi connectivity index (χ2n) is 7.73. The number of benzene rings is 2. The Morgan fingerprint density at radius 2 is 1.97 bits per heavy atom. The van der Waals surface area contributed by atoms with Crippen LogP contribution in [0.1, 0.15) is 24.8 Å². The lowest BCUT2D eigenvalue weighted by atomic mass is 10.1. The number of hydrogen-bond donors (Lipinski definition) is 2. The smallest absolute Gasteiger partial charge is 0.224 e. The molecule has 6 nitrogen and oxygen atoms in total. The second kappa shape index (κ2) is 12.3. The molecule has 1 aliphatic rings. The Balaban J connectivity index is 1.31. The van der Waals surface area contributed by atoms with E-state index in [2.05, 4.69) is 32.7 Å². The molecule has 1 atom stereocenters. The van der Waals surface area contributed by atoms with Crippen LogP contribution in [0.4, 0.5) is 5.69 Å². The van der Waals surface area contributed by atoms with Gasteiger partial charge in [-0.15, -0.1) is 0 Å². The first kappa shape index (κ1) is 23.1. The lowest BCUT2D eigenvalue weighted by Crippen LogP contribution is -2.40. The molecular formula is C24H31ClN4O2. The maximum atomic E-state index is 12.1. The standard InChI is InChI=1S/C24H31ClN4O2/c1-26-24(27-14-5-8-23(30)28-22-11-9-21(25)10-12-22)29-15-13-20(16-29)18-31-17-19-6-3-2-4-7-19/h2-4,6-7,9-12,20H,5,8,13-18H2,1H3,(H,26,27)(H,28,30). The number of anilines is 1. The van der Waals surface area contributed by atoms with Crippen LogP contribution in [-0.4, -0.2) is 50.1 Å². The topological polar surface area (TPSA) is 66.0 Å². The minimum absolute atomic E-state index is 0.00379. The van der Waals surface area contributed by atoms with Crippen molar-refractivity contribution in [2.75, 3.05) is 38.6 Å². The molecule has 0 radical (unpaired) electrons. The third-order valence-electron chi connectivity index (χ3n) is 5.25. The summed E-state index contributed by atoms with van der Waals surface area (Å²) in [5.74, 6) is 1.40. The highest BCUT2D eigenvalue weighted by Crippen LogP contribution is 2.17. The number of guanidine groups is 1. The summed E-state index contributed by atoms with van der Waals surface area (Å²) in [7, 11) is 1.80. The van der Waals surface area contributed by atoms with Gasteiger partial charge in [0.05, 0.1) is 13.2 Å². The van der Waals surface area contributed by atoms with Gasteiger partial charge in [-0.2, -0.15) is 0 Å². The largest absolute Gasteiger partial charge is 0.376 e. The first-order valence-electron chi connectivity index (χ1n) is 10.8. The molecule has 1 aliphatic heterocycles. The molecular weight excluding hydrogens is 412 g/mol. The number of amides is 1. The fourth-order valence-electron chi connectivity index (χ4n) is 3.62. The van der Waals surface area contributed by atoms with Gasteiger partial charge in [0, 0.05) is 49.7 Å². The average molecular weight is 443 g/mol. The molecule has 1 unspecified atom stereocenters. The van der Waals surface area contributed by atoms with Crippen LogP contribution < -0.4 is 10.6 Å². The van der Waals surface area contributed by atoms with Gasteiger partial charge >= 0.3 is 0 Å². The van der Waals surface area contributed by atoms with Crippen molar-refractivity contribution in [1.82, 2.24) is 10.2 Å². The van der Waals surface area contributed by atoms with Gasteiger partial charge in [-0.3, -0.25) is 9.79 Å². The molecule has 0 bridgehead atoms. The van der Waals surface area contributed by atoms with Crippen LogP contribution >= 0.6 is 11.6 Å². The second-order valence-corrected chi connectivity index (χ2v) is 8.17. The number of likely N-dealkylation sites (tertiary alicyclic amines) is 1. The van der Waals surface area contributed by atoms with Crippen LogP contribution in [0.2, 0.25) is 5.02 Å². The molecule has 3 rings (SSSR count). The van der Waals surface area contributed by atoms with E-state index in [-0.39, 0.29) is 5.91 Å². The molecule has 0 spiro atoms. The zero-order chi connectivity index (χ0) is 21.9. The predicted molar refractivity (Wildman–Crippen MR) is 126 cm³/mol. The Morgan fingerprint density at radius 3 is 2.71 bits per heavy atom. The number of carbonyl (C=O) groups is 1. The number of hydrogen-bond acceptors (Lipinski definition) is 3. The van der Waals surface area contributed by atoms with Gasteiger partial charge in [-0.05, 0) is 42.7 Å². The zero-order valence-corrected chi connectivity index (χ0v) is 18.8. The van der Waals surface area contributed by atoms with Crippen molar-refractivity contribution in [2.24, 2.45) is 10.9 Å². The first-order valence-corrected chi connectivity index (χ1v) is 11.1. The van der Waals surface area contributed by atoms with Gasteiger partial charge in [0.1, 0.15) is 0 Å². The maximum absolute atomic E-state index is 12.1. The quantitative estimate of drug-likeness (QED) is 0.347. The van der Waals surface area contributed by atoms with Gasteiger partial charge in [0.15, 0.2) is 5.96 Å². The number of nitrogens with one attached hydrogen (secondary N) is 2. The van der Waals surface area contributed by atoms with E-state index in [9.17, 15) is 4.79 Å². The van der Waals surface area contributed by atoms with Gasteiger partial charge in [-0.25, -0.2) is 0 Å². The van der Waals surface area contributed by atoms with Gasteiger partial charge in [0.25, 0.3) is 0 Å². The highest BCUT2D eigenvalue weighted by atomic mass is 35.5. The molecule has 0 aromatic heterocycles. The van der Waals surface area contributed by atoms with Crippen molar-refractivity contribution in [1.29, 1.82) is 0 Å². The van der Waals surface area contributed by atoms with Crippen molar-refractivity contribution in [3.05, 3.63) is 65.2 Å². The lowest BCUT2D eigenvalue weighted by Gasteiger charge is -2.21. The molecule has 0 saturated carbocycles. The number of carbonyl (C=O) groups excluding carboxylic acids is 1. The summed E-state index contributed by atoms with van der Waals surface area (Å²) in [4.78, 5) is 18.8. The molecule has 7 heteroatoms. The number of halogens is 1. The van der Waals surface area contributed by atoms with E-state index < -0.39 is 0 Å². The molecule has 1 amide bonds. The minimum atomic E-state index is -0.00379. The summed E-state index contributed by atoms with van der Waals surface area (Å²) in [6, 6.07) is 17.4. The summed E-state index contributed by atoms with van der Waals surface area (Å²) in [6.07, 6.45) is 2.28. The van der Waals surface area contributed by atoms with E-state index in [1.54, 1.807) is 31.3 Å². The Hall–Kier alpha value is -2.57. The van der Waals surface area contributed by atoms with Gasteiger partial charge in [-0.1, -0.05) is 41.9 Å². The summed E-state index contributed by atoms with van der Waals surface area (Å²) in [5.41, 5.74) is 1.96. The lowest BCUT2D eigenvalue weighted by molar-refractivity contribution is -0.116. The minimum Gasteiger partial charge on any atom is -0.376 e. The molecule has 1 fully saturated rings. The Kier molecular flexibility index (Phi) is 9.18. The summed E-state index contributed by atoms with van der Waals surface area (Å²) >= 11 is 5.86. The van der Waals surface area contributed by atoms with Crippen molar-refractivity contribution in [2.45, 2.75) is 25.9 Å². The fraction of sp³-hybridized carbons (Fsp3) is 0.417. The Bertz CT molecular complexity index is 842. The molecule has 166 valence electrons. The number of nitrogens with zero attached hydrogens (tertiary/aromatic N) is 2. The normalized spacial score (nSPS) is 16.4. The van der Waals surface area contributed by atoms with Crippen LogP contribution in [0.5, 0.6) is 0 Å². The van der Waals surface area contributed by atoms with Gasteiger partial charge in [0.2, 0.25) is 5.91 Å². The van der Waals surface area contributed by atoms with Crippen molar-refractivity contribution in [3.63, 3.8) is 0 Å². The van der Waals surface area contributed by atoms with Crippen molar-refractivity contribution >= 4 is 29.2 Å². The molecule has 0 aliphatic carbocycles. The molecule has 1 saturated heterocycles. The van der Waals surface area contributed by atoms with Gasteiger partial charge < -0.3 is 20.3 Å². The summed E-state index contributed by atoms with van der Waals surface area (Å²) in [5, 5.41) is 6.92. The average Bonchev–Trinajstić information content (AvgIpc) is 3.25. The molecule has 31 heavy (non-hydrogen) atoms. The van der Waals surface area contributed by atoms with E-state index in [1.165, 1.54) is 5.56 Å². The third kappa shape index (κ3) is 7.89. The zero-order valence-electron chi connectivity index (χ0n) is 18.0. The summed E-state index contributed by atoms with van der Waals surface area (Å²) < 4.78 is 5.91. The third-order valence-corrected chi connectivity index (χ3v) is 5.51. The van der Waals surface area contributed by atoms with E-state index in [0.29, 0.717) is 30.5 Å². The van der Waals surface area contributed by atoms with Crippen LogP contribution in [-0.2, 0) is 16.1 Å². The van der Waals surface area contributed by atoms with E-state index in [1.807, 2.05) is 18.2 Å². The fourth-order valence-corrected chi connectivity index (χ4v) is 3.74. The first-order chi connectivity index (χ1) is 15.1. The SMILES string of the molecule is CN=C(NCCCC(=O)Nc1ccc(Cl)cc1)N1CCC(COCc2ccccc2)C1. The molecule has 1 heterocycles. The van der Waals surface area contributed by atoms with Crippen molar-refractivity contribution < 1.29 is 9.53 Å². The van der Waals surface area contributed by atoms with E-state index in [4.69, 9.17) is 16.3 Å². The summed E-state index contributed by atoms with van der Waals surface area (Å²) in [6.45, 7) is 4.02. The molecule has 2 aromatic carbocycles. The Labute approximate surface area is 189 Å². The predicted octanol–water partition coefficient (Wildman–Crippen LogP) is 4.17. The molecule has 2 N–H and O–H groups in total. The van der Waals surface area contributed by atoms with Crippen molar-refractivity contribution in [3.8, 4) is 0 Å². The van der Waals surface area contributed by atoms with Crippen LogP contribution in [0.3, 0.4) is 0 Å². The molecule has 2 aromatic rings.